The standard InChI is InChI=1S/C14H24N2O3S/c1-4-6-7-8-9-14(10(3)20-5-2)11(17)15-13(19)16-12(14)18/h10H,4-9H2,1-3H3,(H2,15,16,17,18,19). The van der Waals surface area contributed by atoms with Crippen LogP contribution in [0.2, 0.25) is 0 Å². The summed E-state index contributed by atoms with van der Waals surface area (Å²) in [6.45, 7) is 6.00. The van der Waals surface area contributed by atoms with E-state index in [1.807, 2.05) is 13.8 Å². The first-order chi connectivity index (χ1) is 9.48. The van der Waals surface area contributed by atoms with Crippen molar-refractivity contribution in [1.29, 1.82) is 0 Å². The van der Waals surface area contributed by atoms with Crippen LogP contribution < -0.4 is 10.6 Å². The molecule has 1 unspecified atom stereocenters. The summed E-state index contributed by atoms with van der Waals surface area (Å²) in [5.74, 6) is -0.0702. The predicted molar refractivity (Wildman–Crippen MR) is 80.5 cm³/mol. The fraction of sp³-hybridized carbons (Fsp3) is 0.786. The lowest BCUT2D eigenvalue weighted by molar-refractivity contribution is -0.144. The summed E-state index contributed by atoms with van der Waals surface area (Å²) in [7, 11) is 0. The van der Waals surface area contributed by atoms with E-state index >= 15 is 0 Å². The monoisotopic (exact) mass is 300 g/mol. The second kappa shape index (κ2) is 7.67. The number of hydrogen-bond donors (Lipinski definition) is 2. The number of imide groups is 2. The number of unbranched alkanes of at least 4 members (excludes halogenated alkanes) is 3. The lowest BCUT2D eigenvalue weighted by Gasteiger charge is -2.38. The molecule has 0 bridgehead atoms. The van der Waals surface area contributed by atoms with Gasteiger partial charge in [-0.25, -0.2) is 4.79 Å². The Hall–Kier alpha value is -1.04. The Morgan fingerprint density at radius 3 is 2.15 bits per heavy atom. The number of thioether (sulfide) groups is 1. The SMILES string of the molecule is CCCCCCC1(C(C)SCC)C(=O)NC(=O)NC1=O. The molecule has 0 aliphatic carbocycles. The molecular weight excluding hydrogens is 276 g/mol. The fourth-order valence-electron chi connectivity index (χ4n) is 2.59. The summed E-state index contributed by atoms with van der Waals surface area (Å²) in [5, 5.41) is 4.36. The Labute approximate surface area is 124 Å². The van der Waals surface area contributed by atoms with Crippen molar-refractivity contribution in [3.8, 4) is 0 Å². The molecule has 0 radical (unpaired) electrons. The van der Waals surface area contributed by atoms with Crippen LogP contribution in [0.1, 0.15) is 52.9 Å². The second-order valence-corrected chi connectivity index (χ2v) is 6.73. The number of amides is 4. The normalized spacial score (nSPS) is 19.4. The quantitative estimate of drug-likeness (QED) is 0.533. The highest BCUT2D eigenvalue weighted by Gasteiger charge is 2.53. The highest BCUT2D eigenvalue weighted by Crippen LogP contribution is 2.38. The molecular formula is C14H24N2O3S. The zero-order chi connectivity index (χ0) is 15.2. The number of barbiturate groups is 1. The third-order valence-corrected chi connectivity index (χ3v) is 5.04. The summed E-state index contributed by atoms with van der Waals surface area (Å²) < 4.78 is 0. The molecule has 1 aliphatic rings. The number of rotatable bonds is 8. The smallest absolute Gasteiger partial charge is 0.277 e. The van der Waals surface area contributed by atoms with E-state index in [1.165, 1.54) is 0 Å². The Morgan fingerprint density at radius 2 is 1.65 bits per heavy atom. The largest absolute Gasteiger partial charge is 0.328 e. The Balaban J connectivity index is 2.90. The van der Waals surface area contributed by atoms with E-state index in [0.29, 0.717) is 6.42 Å². The lowest BCUT2D eigenvalue weighted by atomic mass is 9.76. The van der Waals surface area contributed by atoms with Gasteiger partial charge in [0.15, 0.2) is 0 Å². The second-order valence-electron chi connectivity index (χ2n) is 5.12. The van der Waals surface area contributed by atoms with Crippen molar-refractivity contribution in [2.45, 2.75) is 58.1 Å². The Bertz CT molecular complexity index is 365. The molecule has 0 aromatic rings. The van der Waals surface area contributed by atoms with Crippen molar-refractivity contribution in [3.63, 3.8) is 0 Å². The third kappa shape index (κ3) is 3.53. The van der Waals surface area contributed by atoms with Crippen LogP contribution in [0.25, 0.3) is 0 Å². The molecule has 6 heteroatoms. The molecule has 114 valence electrons. The van der Waals surface area contributed by atoms with Gasteiger partial charge in [-0.1, -0.05) is 46.5 Å². The molecule has 1 aliphatic heterocycles. The maximum atomic E-state index is 12.3. The van der Waals surface area contributed by atoms with Gasteiger partial charge >= 0.3 is 6.03 Å². The van der Waals surface area contributed by atoms with E-state index in [-0.39, 0.29) is 5.25 Å². The van der Waals surface area contributed by atoms with E-state index in [4.69, 9.17) is 0 Å². The molecule has 0 spiro atoms. The first-order valence-electron chi connectivity index (χ1n) is 7.27. The lowest BCUT2D eigenvalue weighted by Crippen LogP contribution is -2.65. The van der Waals surface area contributed by atoms with Gasteiger partial charge in [-0.2, -0.15) is 11.8 Å². The molecule has 0 saturated carbocycles. The zero-order valence-corrected chi connectivity index (χ0v) is 13.3. The van der Waals surface area contributed by atoms with Crippen LogP contribution in [0, 0.1) is 5.41 Å². The Morgan fingerprint density at radius 1 is 1.05 bits per heavy atom. The molecule has 0 aromatic heterocycles. The molecule has 2 N–H and O–H groups in total. The first kappa shape index (κ1) is 17.0. The van der Waals surface area contributed by atoms with Crippen LogP contribution >= 0.6 is 11.8 Å². The number of urea groups is 1. The van der Waals surface area contributed by atoms with Crippen molar-refractivity contribution < 1.29 is 14.4 Å². The highest BCUT2D eigenvalue weighted by atomic mass is 32.2. The van der Waals surface area contributed by atoms with E-state index in [0.717, 1.165) is 31.4 Å². The predicted octanol–water partition coefficient (Wildman–Crippen LogP) is 2.45. The summed E-state index contributed by atoms with van der Waals surface area (Å²) >= 11 is 1.58. The molecule has 0 aromatic carbocycles. The van der Waals surface area contributed by atoms with Gasteiger partial charge in [0.1, 0.15) is 5.41 Å². The molecule has 1 heterocycles. The summed E-state index contributed by atoms with van der Waals surface area (Å²) in [6, 6.07) is -0.710. The van der Waals surface area contributed by atoms with Gasteiger partial charge in [0.05, 0.1) is 0 Å². The minimum atomic E-state index is -1.12. The maximum Gasteiger partial charge on any atom is 0.328 e. The van der Waals surface area contributed by atoms with Gasteiger partial charge in [-0.05, 0) is 12.2 Å². The fourth-order valence-corrected chi connectivity index (χ4v) is 3.70. The van der Waals surface area contributed by atoms with Gasteiger partial charge in [-0.3, -0.25) is 20.2 Å². The molecule has 4 amide bonds. The van der Waals surface area contributed by atoms with Crippen LogP contribution in [0.4, 0.5) is 4.79 Å². The van der Waals surface area contributed by atoms with Gasteiger partial charge in [0, 0.05) is 5.25 Å². The van der Waals surface area contributed by atoms with Crippen molar-refractivity contribution in [3.05, 3.63) is 0 Å². The van der Waals surface area contributed by atoms with E-state index in [2.05, 4.69) is 17.6 Å². The third-order valence-electron chi connectivity index (χ3n) is 3.80. The zero-order valence-electron chi connectivity index (χ0n) is 12.5. The molecule has 1 atom stereocenters. The van der Waals surface area contributed by atoms with Gasteiger partial charge in [-0.15, -0.1) is 0 Å². The number of carbonyl (C=O) groups excluding carboxylic acids is 3. The summed E-state index contributed by atoms with van der Waals surface area (Å²) in [6.07, 6.45) is 4.50. The van der Waals surface area contributed by atoms with Crippen molar-refractivity contribution >= 4 is 29.6 Å². The van der Waals surface area contributed by atoms with Crippen LogP contribution in [0.15, 0.2) is 0 Å². The minimum absolute atomic E-state index is 0.151. The van der Waals surface area contributed by atoms with Crippen LogP contribution in [-0.4, -0.2) is 28.8 Å². The van der Waals surface area contributed by atoms with Crippen LogP contribution in [0.3, 0.4) is 0 Å². The summed E-state index contributed by atoms with van der Waals surface area (Å²) in [5.41, 5.74) is -1.12. The van der Waals surface area contributed by atoms with Crippen LogP contribution in [0.5, 0.6) is 0 Å². The average molecular weight is 300 g/mol. The number of nitrogens with one attached hydrogen (secondary N) is 2. The van der Waals surface area contributed by atoms with Crippen LogP contribution in [-0.2, 0) is 9.59 Å². The topological polar surface area (TPSA) is 75.3 Å². The first-order valence-corrected chi connectivity index (χ1v) is 8.32. The molecule has 1 rings (SSSR count). The highest BCUT2D eigenvalue weighted by molar-refractivity contribution is 7.99. The molecule has 20 heavy (non-hydrogen) atoms. The average Bonchev–Trinajstić information content (AvgIpc) is 2.37. The Kier molecular flexibility index (Phi) is 6.52. The summed E-state index contributed by atoms with van der Waals surface area (Å²) in [4.78, 5) is 35.9. The molecule has 5 nitrogen and oxygen atoms in total. The van der Waals surface area contributed by atoms with Crippen molar-refractivity contribution in [2.75, 3.05) is 5.75 Å². The number of carbonyl (C=O) groups is 3. The van der Waals surface area contributed by atoms with E-state index in [9.17, 15) is 14.4 Å². The maximum absolute atomic E-state index is 12.3. The van der Waals surface area contributed by atoms with E-state index < -0.39 is 23.3 Å². The van der Waals surface area contributed by atoms with Gasteiger partial charge < -0.3 is 0 Å². The molecule has 1 fully saturated rings. The minimum Gasteiger partial charge on any atom is -0.277 e. The van der Waals surface area contributed by atoms with Crippen molar-refractivity contribution in [2.24, 2.45) is 5.41 Å². The van der Waals surface area contributed by atoms with E-state index in [1.54, 1.807) is 11.8 Å². The van der Waals surface area contributed by atoms with Crippen molar-refractivity contribution in [1.82, 2.24) is 10.6 Å². The number of hydrogen-bond acceptors (Lipinski definition) is 4. The molecule has 1 saturated heterocycles. The van der Waals surface area contributed by atoms with Gasteiger partial charge in [0.25, 0.3) is 0 Å². The van der Waals surface area contributed by atoms with Gasteiger partial charge in [0.2, 0.25) is 11.8 Å².